The normalized spacial score (nSPS) is 13.2. The third-order valence-electron chi connectivity index (χ3n) is 7.61. The summed E-state index contributed by atoms with van der Waals surface area (Å²) in [6.07, 6.45) is 19.7. The van der Waals surface area contributed by atoms with Gasteiger partial charge in [0.15, 0.2) is 0 Å². The fourth-order valence-electron chi connectivity index (χ4n) is 5.50. The quantitative estimate of drug-likeness (QED) is 0.208. The lowest BCUT2D eigenvalue weighted by Crippen LogP contribution is -2.23. The van der Waals surface area contributed by atoms with E-state index >= 15 is 0 Å². The molecule has 3 heteroatoms. The van der Waals surface area contributed by atoms with E-state index in [0.29, 0.717) is 5.56 Å². The Morgan fingerprint density at radius 3 is 1.53 bits per heavy atom. The minimum Gasteiger partial charge on any atom is -0.507 e. The molecule has 0 heterocycles. The van der Waals surface area contributed by atoms with Gasteiger partial charge >= 0.3 is 5.97 Å². The second-order valence-electron chi connectivity index (χ2n) is 13.2. The number of aromatic carboxylic acids is 1. The van der Waals surface area contributed by atoms with Crippen molar-refractivity contribution in [3.63, 3.8) is 0 Å². The molecule has 0 aliphatic heterocycles. The summed E-state index contributed by atoms with van der Waals surface area (Å²) in [7, 11) is 0. The van der Waals surface area contributed by atoms with E-state index in [1.807, 2.05) is 20.8 Å². The van der Waals surface area contributed by atoms with Gasteiger partial charge in [-0.2, -0.15) is 0 Å². The summed E-state index contributed by atoms with van der Waals surface area (Å²) in [6.45, 7) is 16.7. The molecule has 0 bridgehead atoms. The van der Waals surface area contributed by atoms with Crippen molar-refractivity contribution in [3.8, 4) is 5.75 Å². The highest BCUT2D eigenvalue weighted by atomic mass is 16.4. The fraction of sp³-hybridized carbons (Fsp3) is 0.788. The molecule has 0 amide bonds. The van der Waals surface area contributed by atoms with Crippen LogP contribution in [0.1, 0.15) is 185 Å². The molecular weight excluding hydrogens is 444 g/mol. The van der Waals surface area contributed by atoms with Crippen LogP contribution in [0.3, 0.4) is 0 Å². The zero-order valence-electron chi connectivity index (χ0n) is 25.1. The lowest BCUT2D eigenvalue weighted by Gasteiger charge is -2.32. The van der Waals surface area contributed by atoms with Gasteiger partial charge in [-0.25, -0.2) is 4.79 Å². The van der Waals surface area contributed by atoms with Crippen LogP contribution in [0.5, 0.6) is 5.75 Å². The molecule has 1 unspecified atom stereocenters. The van der Waals surface area contributed by atoms with E-state index < -0.39 is 5.97 Å². The lowest BCUT2D eigenvalue weighted by molar-refractivity contribution is 0.0694. The topological polar surface area (TPSA) is 57.5 Å². The largest absolute Gasteiger partial charge is 0.507 e. The van der Waals surface area contributed by atoms with E-state index in [4.69, 9.17) is 0 Å². The molecule has 2 N–H and O–H groups in total. The molecule has 0 saturated carbocycles. The number of benzene rings is 1. The Bertz CT molecular complexity index is 780. The SMILES string of the molecule is CCCCCCCCCCCCCCCCC(C)c1c(C(=O)O)cc(C(C)(C)C)c(O)c1C(C)(C)C. The molecule has 0 aliphatic rings. The Hall–Kier alpha value is -1.51. The van der Waals surface area contributed by atoms with E-state index in [9.17, 15) is 15.0 Å². The van der Waals surface area contributed by atoms with Crippen molar-refractivity contribution in [1.82, 2.24) is 0 Å². The monoisotopic (exact) mass is 502 g/mol. The van der Waals surface area contributed by atoms with Gasteiger partial charge in [-0.1, -0.05) is 145 Å². The second kappa shape index (κ2) is 15.7. The lowest BCUT2D eigenvalue weighted by atomic mass is 9.72. The molecule has 1 atom stereocenters. The zero-order chi connectivity index (χ0) is 27.4. The van der Waals surface area contributed by atoms with Crippen molar-refractivity contribution in [2.45, 2.75) is 168 Å². The standard InChI is InChI=1S/C33H58O3/c1-9-10-11-12-13-14-15-16-17-18-19-20-21-22-23-25(2)28-26(31(35)36)24-27(32(3,4)5)30(34)29(28)33(6,7)8/h24-25,34H,9-23H2,1-8H3,(H,35,36). The molecule has 3 nitrogen and oxygen atoms in total. The van der Waals surface area contributed by atoms with Gasteiger partial charge in [-0.3, -0.25) is 0 Å². The van der Waals surface area contributed by atoms with Gasteiger partial charge in [0.05, 0.1) is 5.56 Å². The van der Waals surface area contributed by atoms with Gasteiger partial charge < -0.3 is 10.2 Å². The highest BCUT2D eigenvalue weighted by molar-refractivity contribution is 5.91. The number of phenols is 1. The Morgan fingerprint density at radius 2 is 1.17 bits per heavy atom. The van der Waals surface area contributed by atoms with Gasteiger partial charge in [0.2, 0.25) is 0 Å². The van der Waals surface area contributed by atoms with Crippen LogP contribution in [0, 0.1) is 0 Å². The van der Waals surface area contributed by atoms with E-state index in [2.05, 4.69) is 34.6 Å². The predicted molar refractivity (Wildman–Crippen MR) is 156 cm³/mol. The highest BCUT2D eigenvalue weighted by Crippen LogP contribution is 2.45. The second-order valence-corrected chi connectivity index (χ2v) is 13.2. The number of hydrogen-bond acceptors (Lipinski definition) is 2. The highest BCUT2D eigenvalue weighted by Gasteiger charge is 2.33. The first-order chi connectivity index (χ1) is 16.8. The van der Waals surface area contributed by atoms with Crippen molar-refractivity contribution < 1.29 is 15.0 Å². The summed E-state index contributed by atoms with van der Waals surface area (Å²) < 4.78 is 0. The number of aromatic hydroxyl groups is 1. The molecule has 36 heavy (non-hydrogen) atoms. The van der Waals surface area contributed by atoms with Crippen LogP contribution < -0.4 is 0 Å². The molecule has 1 aromatic carbocycles. The van der Waals surface area contributed by atoms with Crippen LogP contribution in [-0.4, -0.2) is 16.2 Å². The predicted octanol–water partition coefficient (Wildman–Crippen LogP) is 10.7. The minimum atomic E-state index is -0.895. The van der Waals surface area contributed by atoms with Gasteiger partial charge in [-0.15, -0.1) is 0 Å². The van der Waals surface area contributed by atoms with Crippen molar-refractivity contribution in [3.05, 3.63) is 28.3 Å². The number of carbonyl (C=O) groups is 1. The summed E-state index contributed by atoms with van der Waals surface area (Å²) >= 11 is 0. The van der Waals surface area contributed by atoms with Crippen LogP contribution in [0.25, 0.3) is 0 Å². The summed E-state index contributed by atoms with van der Waals surface area (Å²) in [4.78, 5) is 12.3. The molecule has 1 rings (SSSR count). The molecule has 0 spiro atoms. The van der Waals surface area contributed by atoms with Gasteiger partial charge in [-0.05, 0) is 34.8 Å². The molecule has 208 valence electrons. The van der Waals surface area contributed by atoms with Gasteiger partial charge in [0.1, 0.15) is 5.75 Å². The zero-order valence-corrected chi connectivity index (χ0v) is 25.1. The Balaban J connectivity index is 2.60. The third kappa shape index (κ3) is 10.9. The average Bonchev–Trinajstić information content (AvgIpc) is 2.76. The van der Waals surface area contributed by atoms with E-state index in [1.165, 1.54) is 83.5 Å². The maximum Gasteiger partial charge on any atom is 0.335 e. The Labute approximate surface area is 223 Å². The van der Waals surface area contributed by atoms with Gasteiger partial charge in [0.25, 0.3) is 0 Å². The van der Waals surface area contributed by atoms with E-state index in [0.717, 1.165) is 29.5 Å². The summed E-state index contributed by atoms with van der Waals surface area (Å²) in [5.41, 5.74) is 2.05. The molecule has 0 aliphatic carbocycles. The molecule has 0 aromatic heterocycles. The molecule has 0 saturated heterocycles. The van der Waals surface area contributed by atoms with Crippen LogP contribution >= 0.6 is 0 Å². The summed E-state index contributed by atoms with van der Waals surface area (Å²) in [6, 6.07) is 1.73. The molecule has 0 fully saturated rings. The number of carboxylic acids is 1. The van der Waals surface area contributed by atoms with Crippen LogP contribution in [0.15, 0.2) is 6.07 Å². The average molecular weight is 503 g/mol. The first-order valence-corrected chi connectivity index (χ1v) is 15.0. The number of rotatable bonds is 17. The van der Waals surface area contributed by atoms with Crippen LogP contribution in [0.4, 0.5) is 0 Å². The minimum absolute atomic E-state index is 0.0996. The van der Waals surface area contributed by atoms with Crippen molar-refractivity contribution in [2.24, 2.45) is 0 Å². The Kier molecular flexibility index (Phi) is 14.2. The summed E-state index contributed by atoms with van der Waals surface area (Å²) in [5.74, 6) is -0.515. The summed E-state index contributed by atoms with van der Waals surface area (Å²) in [5, 5.41) is 21.4. The first-order valence-electron chi connectivity index (χ1n) is 15.0. The van der Waals surface area contributed by atoms with Gasteiger partial charge in [0, 0.05) is 11.1 Å². The number of phenolic OH excluding ortho intramolecular Hbond substituents is 1. The number of unbranched alkanes of at least 4 members (excludes halogenated alkanes) is 13. The molecule has 1 aromatic rings. The first kappa shape index (κ1) is 32.5. The van der Waals surface area contributed by atoms with Crippen molar-refractivity contribution in [1.29, 1.82) is 0 Å². The number of carboxylic acid groups (broad SMARTS) is 1. The third-order valence-corrected chi connectivity index (χ3v) is 7.61. The Morgan fingerprint density at radius 1 is 0.750 bits per heavy atom. The maximum atomic E-state index is 12.3. The molecule has 0 radical (unpaired) electrons. The van der Waals surface area contributed by atoms with Crippen LogP contribution in [0.2, 0.25) is 0 Å². The maximum absolute atomic E-state index is 12.3. The van der Waals surface area contributed by atoms with Crippen molar-refractivity contribution in [2.75, 3.05) is 0 Å². The fourth-order valence-corrected chi connectivity index (χ4v) is 5.50. The van der Waals surface area contributed by atoms with E-state index in [-0.39, 0.29) is 22.5 Å². The number of hydrogen-bond donors (Lipinski definition) is 2. The van der Waals surface area contributed by atoms with E-state index in [1.54, 1.807) is 6.07 Å². The smallest absolute Gasteiger partial charge is 0.335 e. The van der Waals surface area contributed by atoms with Crippen molar-refractivity contribution >= 4 is 5.97 Å². The van der Waals surface area contributed by atoms with Crippen LogP contribution in [-0.2, 0) is 10.8 Å². The molecular formula is C33H58O3.